The Labute approximate surface area is 250 Å². The summed E-state index contributed by atoms with van der Waals surface area (Å²) in [5.74, 6) is -0.926. The van der Waals surface area contributed by atoms with Gasteiger partial charge in [-0.25, -0.2) is 4.79 Å². The quantitative estimate of drug-likeness (QED) is 0.371. The van der Waals surface area contributed by atoms with Crippen molar-refractivity contribution in [2.75, 3.05) is 13.7 Å². The molecule has 0 aromatic rings. The third-order valence-corrected chi connectivity index (χ3v) is 13.9. The Balaban J connectivity index is 1.46. The molecule has 0 spiro atoms. The van der Waals surface area contributed by atoms with Crippen LogP contribution in [0.3, 0.4) is 0 Å². The number of carboxylic acid groups (broad SMARTS) is 1. The molecule has 5 rings (SSSR count). The Morgan fingerprint density at radius 1 is 0.952 bits per heavy atom. The summed E-state index contributed by atoms with van der Waals surface area (Å²) >= 11 is 0. The van der Waals surface area contributed by atoms with Crippen molar-refractivity contribution in [3.8, 4) is 0 Å². The molecular formula is C34H51NO7. The molecule has 4 fully saturated rings. The summed E-state index contributed by atoms with van der Waals surface area (Å²) in [6, 6.07) is 0. The van der Waals surface area contributed by atoms with Gasteiger partial charge in [0.25, 0.3) is 0 Å². The minimum atomic E-state index is -0.765. The lowest BCUT2D eigenvalue weighted by Gasteiger charge is -2.70. The average molecular weight is 586 g/mol. The van der Waals surface area contributed by atoms with Crippen molar-refractivity contribution in [1.82, 2.24) is 5.32 Å². The van der Waals surface area contributed by atoms with Crippen molar-refractivity contribution in [1.29, 1.82) is 0 Å². The Morgan fingerprint density at radius 2 is 1.62 bits per heavy atom. The summed E-state index contributed by atoms with van der Waals surface area (Å²) in [7, 11) is 1.27. The third kappa shape index (κ3) is 4.28. The predicted octanol–water partition coefficient (Wildman–Crippen LogP) is 6.32. The van der Waals surface area contributed by atoms with Crippen molar-refractivity contribution in [3.63, 3.8) is 0 Å². The van der Waals surface area contributed by atoms with Crippen LogP contribution in [0.1, 0.15) is 106 Å². The Kier molecular flexibility index (Phi) is 7.26. The molecule has 1 amide bonds. The van der Waals surface area contributed by atoms with Crippen molar-refractivity contribution < 1.29 is 33.8 Å². The number of allylic oxidation sites excluding steroid dienone is 2. The number of esters is 1. The minimum Gasteiger partial charge on any atom is -0.481 e. The summed E-state index contributed by atoms with van der Waals surface area (Å²) in [5.41, 5.74) is -0.557. The summed E-state index contributed by atoms with van der Waals surface area (Å²) in [5, 5.41) is 12.6. The van der Waals surface area contributed by atoms with Gasteiger partial charge in [-0.1, -0.05) is 47.1 Å². The van der Waals surface area contributed by atoms with Crippen LogP contribution in [0.25, 0.3) is 0 Å². The number of ether oxygens (including phenoxy) is 2. The third-order valence-electron chi connectivity index (χ3n) is 13.9. The van der Waals surface area contributed by atoms with Crippen molar-refractivity contribution in [2.45, 2.75) is 112 Å². The zero-order valence-corrected chi connectivity index (χ0v) is 26.9. The number of aliphatic carboxylic acids is 1. The van der Waals surface area contributed by atoms with Crippen LogP contribution in [0.5, 0.6) is 0 Å². The zero-order valence-electron chi connectivity index (χ0n) is 26.9. The molecule has 2 N–H and O–H groups in total. The molecule has 9 atom stereocenters. The van der Waals surface area contributed by atoms with Crippen LogP contribution in [-0.2, 0) is 23.9 Å². The van der Waals surface area contributed by atoms with E-state index in [2.05, 4.69) is 51.6 Å². The molecular weight excluding hydrogens is 534 g/mol. The number of alkyl carbamates (subject to hydrolysis) is 1. The van der Waals surface area contributed by atoms with E-state index in [1.165, 1.54) is 12.7 Å². The van der Waals surface area contributed by atoms with Gasteiger partial charge in [-0.2, -0.15) is 0 Å². The number of ketones is 1. The van der Waals surface area contributed by atoms with Crippen LogP contribution in [0.2, 0.25) is 0 Å². The van der Waals surface area contributed by atoms with Gasteiger partial charge in [-0.3, -0.25) is 14.4 Å². The van der Waals surface area contributed by atoms with E-state index in [0.717, 1.165) is 38.5 Å². The first kappa shape index (κ1) is 31.1. The first-order valence-electron chi connectivity index (χ1n) is 15.9. The van der Waals surface area contributed by atoms with Crippen molar-refractivity contribution >= 4 is 23.8 Å². The lowest BCUT2D eigenvalue weighted by atomic mass is 9.33. The second-order valence-electron chi connectivity index (χ2n) is 16.2. The summed E-state index contributed by atoms with van der Waals surface area (Å²) < 4.78 is 10.5. The molecule has 8 heteroatoms. The lowest BCUT2D eigenvalue weighted by Crippen LogP contribution is -2.67. The van der Waals surface area contributed by atoms with Crippen LogP contribution < -0.4 is 5.32 Å². The molecule has 4 saturated carbocycles. The maximum Gasteiger partial charge on any atom is 0.407 e. The molecule has 0 aromatic heterocycles. The van der Waals surface area contributed by atoms with Gasteiger partial charge in [0, 0.05) is 11.3 Å². The fraction of sp³-hybridized carbons (Fsp3) is 0.824. The number of methoxy groups -OCH3 is 1. The minimum absolute atomic E-state index is 0.0245. The Morgan fingerprint density at radius 3 is 2.26 bits per heavy atom. The van der Waals surface area contributed by atoms with Gasteiger partial charge in [0.2, 0.25) is 0 Å². The lowest BCUT2D eigenvalue weighted by molar-refractivity contribution is -0.202. The smallest absolute Gasteiger partial charge is 0.407 e. The second kappa shape index (κ2) is 9.82. The highest BCUT2D eigenvalue weighted by Crippen LogP contribution is 2.75. The predicted molar refractivity (Wildman–Crippen MR) is 157 cm³/mol. The molecule has 0 heterocycles. The van der Waals surface area contributed by atoms with Crippen molar-refractivity contribution in [2.24, 2.45) is 50.2 Å². The number of fused-ring (bicyclic) bond motifs is 7. The Bertz CT molecular complexity index is 1220. The van der Waals surface area contributed by atoms with Gasteiger partial charge in [0.05, 0.1) is 12.5 Å². The van der Waals surface area contributed by atoms with E-state index < -0.39 is 23.4 Å². The highest BCUT2D eigenvalue weighted by Gasteiger charge is 2.70. The molecule has 0 unspecified atom stereocenters. The van der Waals surface area contributed by atoms with Crippen LogP contribution in [-0.4, -0.2) is 48.7 Å². The van der Waals surface area contributed by atoms with Gasteiger partial charge in [0.15, 0.2) is 5.78 Å². The van der Waals surface area contributed by atoms with Gasteiger partial charge < -0.3 is 19.9 Å². The number of rotatable bonds is 4. The van der Waals surface area contributed by atoms with Gasteiger partial charge in [-0.05, 0) is 104 Å². The fourth-order valence-electron chi connectivity index (χ4n) is 10.9. The maximum absolute atomic E-state index is 14.5. The maximum atomic E-state index is 14.5. The molecule has 8 nitrogen and oxygen atoms in total. The first-order chi connectivity index (χ1) is 19.4. The number of carbonyl (C=O) groups is 4. The van der Waals surface area contributed by atoms with E-state index in [1.54, 1.807) is 0 Å². The number of nitrogens with one attached hydrogen (secondary N) is 1. The number of carbonyl (C=O) groups excluding carboxylic acids is 3. The molecule has 0 aliphatic heterocycles. The average Bonchev–Trinajstić information content (AvgIpc) is 2.91. The van der Waals surface area contributed by atoms with Gasteiger partial charge >= 0.3 is 18.0 Å². The van der Waals surface area contributed by atoms with E-state index in [4.69, 9.17) is 4.74 Å². The summed E-state index contributed by atoms with van der Waals surface area (Å²) in [6.45, 7) is 15.3. The topological polar surface area (TPSA) is 119 Å². The standard InChI is InChI=1S/C34H51NO7/c1-29(2)23-9-12-34(7)26(32(23,5)11-10-24(29)42-28(40)35-19-25(37)41-8)22(36)17-20-21-18-31(4,27(38)39)14-13-30(21,3)15-16-33(20,34)6/h17,21,23-24,26H,9-16,18-19H2,1-8H3,(H,35,40)(H,38,39)/t21-,23-,24-,26+,30+,31-,32-,33+,34+/m0/s1. The van der Waals surface area contributed by atoms with Crippen LogP contribution in [0, 0.1) is 50.2 Å². The first-order valence-corrected chi connectivity index (χ1v) is 15.9. The van der Waals surface area contributed by atoms with Crippen molar-refractivity contribution in [3.05, 3.63) is 11.6 Å². The monoisotopic (exact) mass is 585 g/mol. The number of hydrogen-bond donors (Lipinski definition) is 2. The highest BCUT2D eigenvalue weighted by atomic mass is 16.6. The number of carboxylic acids is 1. The van der Waals surface area contributed by atoms with E-state index in [-0.39, 0.29) is 63.3 Å². The molecule has 5 aliphatic rings. The molecule has 0 aromatic carbocycles. The van der Waals surface area contributed by atoms with Gasteiger partial charge in [0.1, 0.15) is 12.6 Å². The van der Waals surface area contributed by atoms with E-state index >= 15 is 0 Å². The molecule has 0 radical (unpaired) electrons. The molecule has 5 aliphatic carbocycles. The van der Waals surface area contributed by atoms with Crippen LogP contribution >= 0.6 is 0 Å². The Hall–Kier alpha value is -2.38. The number of hydrogen-bond acceptors (Lipinski definition) is 6. The SMILES string of the molecule is COC(=O)CNC(=O)O[C@H]1CC[C@]2(C)[C@H]3C(=O)C=C4[C@@H]5C[C@@](C)(C(=O)O)CC[C@]5(C)CC[C@@]4(C)[C@]3(C)CC[C@H]2C1(C)C. The number of amides is 1. The summed E-state index contributed by atoms with van der Waals surface area (Å²) in [6.07, 6.45) is 8.53. The molecule has 234 valence electrons. The molecule has 42 heavy (non-hydrogen) atoms. The fourth-order valence-corrected chi connectivity index (χ4v) is 10.9. The zero-order chi connectivity index (χ0) is 31.1. The molecule has 0 saturated heterocycles. The summed E-state index contributed by atoms with van der Waals surface area (Å²) in [4.78, 5) is 50.9. The second-order valence-corrected chi connectivity index (χ2v) is 16.2. The van der Waals surface area contributed by atoms with E-state index in [0.29, 0.717) is 19.3 Å². The molecule has 0 bridgehead atoms. The van der Waals surface area contributed by atoms with E-state index in [9.17, 15) is 24.3 Å². The van der Waals surface area contributed by atoms with Gasteiger partial charge in [-0.15, -0.1) is 0 Å². The normalized spacial score (nSPS) is 45.6. The largest absolute Gasteiger partial charge is 0.481 e. The van der Waals surface area contributed by atoms with E-state index in [1.807, 2.05) is 13.0 Å². The van der Waals surface area contributed by atoms with Crippen LogP contribution in [0.4, 0.5) is 4.79 Å². The highest BCUT2D eigenvalue weighted by molar-refractivity contribution is 5.95. The van der Waals surface area contributed by atoms with Crippen LogP contribution in [0.15, 0.2) is 11.6 Å².